The van der Waals surface area contributed by atoms with Crippen LogP contribution in [0.15, 0.2) is 42.6 Å². The van der Waals surface area contributed by atoms with Gasteiger partial charge in [0.15, 0.2) is 11.5 Å². The highest BCUT2D eigenvalue weighted by Gasteiger charge is 2.06. The second-order valence-electron chi connectivity index (χ2n) is 4.60. The van der Waals surface area contributed by atoms with E-state index in [1.807, 2.05) is 47.0 Å². The quantitative estimate of drug-likeness (QED) is 0.787. The molecule has 3 aromatic rings. The Balaban J connectivity index is 1.70. The molecule has 21 heavy (non-hydrogen) atoms. The Morgan fingerprint density at radius 3 is 2.95 bits per heavy atom. The summed E-state index contributed by atoms with van der Waals surface area (Å²) >= 11 is 6.02. The lowest BCUT2D eigenvalue weighted by molar-refractivity contribution is 0.407. The number of ether oxygens (including phenoxy) is 1. The number of aromatic nitrogens is 3. The van der Waals surface area contributed by atoms with Crippen LogP contribution in [0.4, 0.5) is 0 Å². The molecular weight excluding hydrogens is 288 g/mol. The Hall–Kier alpha value is -2.11. The number of hydrogen-bond donors (Lipinski definition) is 1. The third kappa shape index (κ3) is 2.99. The maximum Gasteiger partial charge on any atom is 0.160 e. The third-order valence-electron chi connectivity index (χ3n) is 3.23. The van der Waals surface area contributed by atoms with Crippen LogP contribution in [0.1, 0.15) is 11.4 Å². The predicted molar refractivity (Wildman–Crippen MR) is 81.5 cm³/mol. The van der Waals surface area contributed by atoms with Crippen LogP contribution in [0, 0.1) is 0 Å². The van der Waals surface area contributed by atoms with Gasteiger partial charge in [-0.25, -0.2) is 0 Å². The van der Waals surface area contributed by atoms with Crippen LogP contribution in [-0.2, 0) is 13.1 Å². The van der Waals surface area contributed by atoms with Crippen molar-refractivity contribution in [2.75, 3.05) is 7.11 Å². The number of methoxy groups -OCH3 is 1. The van der Waals surface area contributed by atoms with Gasteiger partial charge in [0.05, 0.1) is 13.7 Å². The van der Waals surface area contributed by atoms with Gasteiger partial charge in [-0.05, 0) is 30.3 Å². The van der Waals surface area contributed by atoms with Crippen molar-refractivity contribution >= 4 is 17.2 Å². The fourth-order valence-electron chi connectivity index (χ4n) is 2.21. The normalized spacial score (nSPS) is 11.0. The fraction of sp³-hybridized carbons (Fsp3) is 0.200. The van der Waals surface area contributed by atoms with E-state index in [-0.39, 0.29) is 0 Å². The molecule has 0 atom stereocenters. The van der Waals surface area contributed by atoms with Crippen LogP contribution >= 0.6 is 11.6 Å². The van der Waals surface area contributed by atoms with Crippen LogP contribution in [-0.4, -0.2) is 21.7 Å². The molecule has 0 unspecified atom stereocenters. The molecule has 1 N–H and O–H groups in total. The minimum absolute atomic E-state index is 0.612. The highest BCUT2D eigenvalue weighted by Crippen LogP contribution is 2.22. The van der Waals surface area contributed by atoms with E-state index in [1.165, 1.54) is 0 Å². The number of fused-ring (bicyclic) bond motifs is 1. The summed E-state index contributed by atoms with van der Waals surface area (Å²) in [7, 11) is 1.65. The summed E-state index contributed by atoms with van der Waals surface area (Å²) in [5.41, 5.74) is 1.86. The third-order valence-corrected chi connectivity index (χ3v) is 3.46. The first-order valence-corrected chi connectivity index (χ1v) is 6.97. The Morgan fingerprint density at radius 2 is 2.10 bits per heavy atom. The van der Waals surface area contributed by atoms with Crippen molar-refractivity contribution in [3.05, 3.63) is 59.0 Å². The van der Waals surface area contributed by atoms with Gasteiger partial charge in [-0.15, -0.1) is 10.2 Å². The Bertz CT molecular complexity index is 756. The summed E-state index contributed by atoms with van der Waals surface area (Å²) in [4.78, 5) is 0. The molecule has 0 aliphatic rings. The monoisotopic (exact) mass is 302 g/mol. The van der Waals surface area contributed by atoms with E-state index in [0.717, 1.165) is 22.8 Å². The van der Waals surface area contributed by atoms with Crippen molar-refractivity contribution in [1.82, 2.24) is 19.9 Å². The molecule has 0 aliphatic carbocycles. The number of nitrogens with zero attached hydrogens (tertiary/aromatic N) is 3. The molecule has 108 valence electrons. The summed E-state index contributed by atoms with van der Waals surface area (Å²) < 4.78 is 7.29. The van der Waals surface area contributed by atoms with E-state index in [1.54, 1.807) is 7.11 Å². The Kier molecular flexibility index (Phi) is 4.03. The first kappa shape index (κ1) is 13.9. The lowest BCUT2D eigenvalue weighted by Crippen LogP contribution is -2.15. The van der Waals surface area contributed by atoms with E-state index in [4.69, 9.17) is 16.3 Å². The molecule has 0 fully saturated rings. The second-order valence-corrected chi connectivity index (χ2v) is 5.04. The predicted octanol–water partition coefficient (Wildman–Crippen LogP) is 2.68. The van der Waals surface area contributed by atoms with Crippen LogP contribution in [0.5, 0.6) is 5.75 Å². The highest BCUT2D eigenvalue weighted by atomic mass is 35.5. The van der Waals surface area contributed by atoms with Crippen molar-refractivity contribution in [1.29, 1.82) is 0 Å². The van der Waals surface area contributed by atoms with Gasteiger partial charge in [0.2, 0.25) is 0 Å². The van der Waals surface area contributed by atoms with E-state index in [0.29, 0.717) is 18.1 Å². The summed E-state index contributed by atoms with van der Waals surface area (Å²) in [6, 6.07) is 11.4. The molecule has 2 heterocycles. The van der Waals surface area contributed by atoms with Gasteiger partial charge in [0, 0.05) is 23.3 Å². The summed E-state index contributed by atoms with van der Waals surface area (Å²) in [6.07, 6.45) is 1.95. The Morgan fingerprint density at radius 1 is 1.19 bits per heavy atom. The topological polar surface area (TPSA) is 51.5 Å². The molecule has 0 bridgehead atoms. The SMILES string of the molecule is COc1ccc(Cl)cc1CNCc1nnc2ccccn12. The van der Waals surface area contributed by atoms with Gasteiger partial charge in [0.1, 0.15) is 5.75 Å². The Labute approximate surface area is 127 Å². The number of benzene rings is 1. The molecule has 0 aliphatic heterocycles. The molecule has 5 nitrogen and oxygen atoms in total. The van der Waals surface area contributed by atoms with E-state index in [2.05, 4.69) is 15.5 Å². The van der Waals surface area contributed by atoms with Crippen LogP contribution in [0.25, 0.3) is 5.65 Å². The zero-order chi connectivity index (χ0) is 14.7. The molecule has 0 saturated carbocycles. The van der Waals surface area contributed by atoms with Crippen molar-refractivity contribution < 1.29 is 4.74 Å². The van der Waals surface area contributed by atoms with Crippen molar-refractivity contribution in [2.24, 2.45) is 0 Å². The summed E-state index contributed by atoms with van der Waals surface area (Å²) in [6.45, 7) is 1.26. The minimum Gasteiger partial charge on any atom is -0.496 e. The number of halogens is 1. The van der Waals surface area contributed by atoms with Gasteiger partial charge in [0.25, 0.3) is 0 Å². The second kappa shape index (κ2) is 6.11. The maximum absolute atomic E-state index is 6.02. The lowest BCUT2D eigenvalue weighted by atomic mass is 10.2. The largest absolute Gasteiger partial charge is 0.496 e. The zero-order valence-electron chi connectivity index (χ0n) is 11.6. The average Bonchev–Trinajstić information content (AvgIpc) is 2.91. The smallest absolute Gasteiger partial charge is 0.160 e. The number of hydrogen-bond acceptors (Lipinski definition) is 4. The minimum atomic E-state index is 0.612. The van der Waals surface area contributed by atoms with E-state index >= 15 is 0 Å². The summed E-state index contributed by atoms with van der Waals surface area (Å²) in [5.74, 6) is 1.68. The van der Waals surface area contributed by atoms with Crippen molar-refractivity contribution in [3.63, 3.8) is 0 Å². The summed E-state index contributed by atoms with van der Waals surface area (Å²) in [5, 5.41) is 12.3. The van der Waals surface area contributed by atoms with Crippen molar-refractivity contribution in [2.45, 2.75) is 13.1 Å². The lowest BCUT2D eigenvalue weighted by Gasteiger charge is -2.09. The molecule has 6 heteroatoms. The van der Waals surface area contributed by atoms with E-state index in [9.17, 15) is 0 Å². The first-order valence-electron chi connectivity index (χ1n) is 6.59. The van der Waals surface area contributed by atoms with Gasteiger partial charge >= 0.3 is 0 Å². The van der Waals surface area contributed by atoms with Gasteiger partial charge in [-0.3, -0.25) is 4.40 Å². The number of rotatable bonds is 5. The highest BCUT2D eigenvalue weighted by molar-refractivity contribution is 6.30. The standard InChI is InChI=1S/C15H15ClN4O/c1-21-13-6-5-12(16)8-11(13)9-17-10-15-19-18-14-4-2-3-7-20(14)15/h2-8,17H,9-10H2,1H3. The van der Waals surface area contributed by atoms with Gasteiger partial charge in [-0.1, -0.05) is 17.7 Å². The molecular formula is C15H15ClN4O. The molecule has 0 radical (unpaired) electrons. The van der Waals surface area contributed by atoms with E-state index < -0.39 is 0 Å². The van der Waals surface area contributed by atoms with Crippen molar-refractivity contribution in [3.8, 4) is 5.75 Å². The molecule has 0 spiro atoms. The molecule has 0 amide bonds. The first-order chi connectivity index (χ1) is 10.3. The van der Waals surface area contributed by atoms with Crippen LogP contribution < -0.4 is 10.1 Å². The fourth-order valence-corrected chi connectivity index (χ4v) is 2.40. The number of nitrogens with one attached hydrogen (secondary N) is 1. The molecule has 0 saturated heterocycles. The molecule has 2 aromatic heterocycles. The zero-order valence-corrected chi connectivity index (χ0v) is 12.3. The van der Waals surface area contributed by atoms with Crippen LogP contribution in [0.3, 0.4) is 0 Å². The molecule has 3 rings (SSSR count). The number of pyridine rings is 1. The van der Waals surface area contributed by atoms with Gasteiger partial charge in [-0.2, -0.15) is 0 Å². The molecule has 1 aromatic carbocycles. The van der Waals surface area contributed by atoms with Crippen LogP contribution in [0.2, 0.25) is 5.02 Å². The maximum atomic E-state index is 6.02. The van der Waals surface area contributed by atoms with Gasteiger partial charge < -0.3 is 10.1 Å². The average molecular weight is 303 g/mol.